The molecular formula is C19H18Cl2N2O2. The number of halogens is 2. The Bertz CT molecular complexity index is 808. The zero-order chi connectivity index (χ0) is 17.8. The molecule has 0 aliphatic carbocycles. The summed E-state index contributed by atoms with van der Waals surface area (Å²) in [6.07, 6.45) is 1.96. The summed E-state index contributed by atoms with van der Waals surface area (Å²) in [5, 5.41) is 4.07. The van der Waals surface area contributed by atoms with Gasteiger partial charge in [0.2, 0.25) is 5.91 Å². The van der Waals surface area contributed by atoms with E-state index in [9.17, 15) is 9.59 Å². The van der Waals surface area contributed by atoms with E-state index in [4.69, 9.17) is 23.2 Å². The smallest absolute Gasteiger partial charge is 0.253 e. The average molecular weight is 377 g/mol. The van der Waals surface area contributed by atoms with Crippen LogP contribution in [0.2, 0.25) is 10.0 Å². The summed E-state index contributed by atoms with van der Waals surface area (Å²) < 4.78 is 0. The van der Waals surface area contributed by atoms with Crippen LogP contribution in [0.5, 0.6) is 0 Å². The van der Waals surface area contributed by atoms with Crippen molar-refractivity contribution in [3.8, 4) is 0 Å². The molecule has 130 valence electrons. The zero-order valence-electron chi connectivity index (χ0n) is 13.6. The van der Waals surface area contributed by atoms with Gasteiger partial charge in [0.05, 0.1) is 11.3 Å². The normalized spacial score (nSPS) is 14.0. The first kappa shape index (κ1) is 17.8. The molecule has 25 heavy (non-hydrogen) atoms. The highest BCUT2D eigenvalue weighted by molar-refractivity contribution is 6.35. The number of amides is 2. The third kappa shape index (κ3) is 4.14. The van der Waals surface area contributed by atoms with Crippen LogP contribution in [0.25, 0.3) is 0 Å². The van der Waals surface area contributed by atoms with Crippen molar-refractivity contribution < 1.29 is 9.59 Å². The number of anilines is 1. The van der Waals surface area contributed by atoms with Crippen molar-refractivity contribution in [2.45, 2.75) is 19.3 Å². The maximum atomic E-state index is 12.6. The van der Waals surface area contributed by atoms with Gasteiger partial charge in [0.25, 0.3) is 5.91 Å². The highest BCUT2D eigenvalue weighted by Crippen LogP contribution is 2.25. The lowest BCUT2D eigenvalue weighted by Crippen LogP contribution is -2.30. The van der Waals surface area contributed by atoms with Gasteiger partial charge in [-0.2, -0.15) is 0 Å². The molecular weight excluding hydrogens is 359 g/mol. The molecule has 0 radical (unpaired) electrons. The minimum absolute atomic E-state index is 0.0631. The van der Waals surface area contributed by atoms with Crippen molar-refractivity contribution in [1.82, 2.24) is 5.32 Å². The van der Waals surface area contributed by atoms with Crippen LogP contribution in [0.4, 0.5) is 5.69 Å². The maximum absolute atomic E-state index is 12.6. The van der Waals surface area contributed by atoms with Crippen molar-refractivity contribution in [1.29, 1.82) is 0 Å². The number of hydrogen-bond donors (Lipinski definition) is 1. The van der Waals surface area contributed by atoms with E-state index in [1.807, 2.05) is 18.2 Å². The number of carbonyl (C=O) groups is 2. The Labute approximate surface area is 156 Å². The fourth-order valence-corrected chi connectivity index (χ4v) is 3.44. The molecule has 2 aromatic carbocycles. The summed E-state index contributed by atoms with van der Waals surface area (Å²) in [6.45, 7) is 1.10. The van der Waals surface area contributed by atoms with Crippen LogP contribution >= 0.6 is 23.2 Å². The molecule has 2 amide bonds. The first-order valence-electron chi connectivity index (χ1n) is 8.18. The molecule has 1 heterocycles. The summed E-state index contributed by atoms with van der Waals surface area (Å²) >= 11 is 12.0. The van der Waals surface area contributed by atoms with Crippen LogP contribution in [0, 0.1) is 0 Å². The van der Waals surface area contributed by atoms with Crippen LogP contribution < -0.4 is 10.2 Å². The van der Waals surface area contributed by atoms with E-state index in [1.54, 1.807) is 29.2 Å². The minimum atomic E-state index is -0.194. The van der Waals surface area contributed by atoms with Crippen molar-refractivity contribution >= 4 is 40.7 Å². The molecule has 0 saturated carbocycles. The predicted molar refractivity (Wildman–Crippen MR) is 101 cm³/mol. The molecule has 0 unspecified atom stereocenters. The van der Waals surface area contributed by atoms with Crippen molar-refractivity contribution in [2.24, 2.45) is 0 Å². The Morgan fingerprint density at radius 3 is 2.68 bits per heavy atom. The molecule has 0 atom stereocenters. The summed E-state index contributed by atoms with van der Waals surface area (Å²) in [5.74, 6) is -0.131. The largest absolute Gasteiger partial charge is 0.352 e. The van der Waals surface area contributed by atoms with E-state index in [1.165, 1.54) is 0 Å². The van der Waals surface area contributed by atoms with E-state index in [2.05, 4.69) is 5.32 Å². The Morgan fingerprint density at radius 1 is 1.16 bits per heavy atom. The van der Waals surface area contributed by atoms with Crippen molar-refractivity contribution in [3.05, 3.63) is 63.6 Å². The fraction of sp³-hybridized carbons (Fsp3) is 0.263. The molecule has 0 spiro atoms. The lowest BCUT2D eigenvalue weighted by Gasteiger charge is -2.19. The van der Waals surface area contributed by atoms with Gasteiger partial charge in [0.1, 0.15) is 0 Å². The van der Waals surface area contributed by atoms with Crippen molar-refractivity contribution in [2.75, 3.05) is 18.0 Å². The standard InChI is InChI=1S/C19H18Cl2N2O2/c20-14-8-7-13(16(21)12-14)9-10-22-19(25)15-4-1-2-5-17(15)23-11-3-6-18(23)24/h1-2,4-5,7-8,12H,3,6,9-11H2,(H,22,25). The van der Waals surface area contributed by atoms with Gasteiger partial charge < -0.3 is 10.2 Å². The lowest BCUT2D eigenvalue weighted by atomic mass is 10.1. The SMILES string of the molecule is O=C(NCCc1ccc(Cl)cc1Cl)c1ccccc1N1CCCC1=O. The van der Waals surface area contributed by atoms with E-state index < -0.39 is 0 Å². The number of para-hydroxylation sites is 1. The highest BCUT2D eigenvalue weighted by atomic mass is 35.5. The molecule has 1 N–H and O–H groups in total. The summed E-state index contributed by atoms with van der Waals surface area (Å²) in [6, 6.07) is 12.5. The van der Waals surface area contributed by atoms with Crippen LogP contribution in [0.15, 0.2) is 42.5 Å². The number of nitrogens with one attached hydrogen (secondary N) is 1. The first-order valence-corrected chi connectivity index (χ1v) is 8.93. The van der Waals surface area contributed by atoms with Crippen LogP contribution in [0.3, 0.4) is 0 Å². The highest BCUT2D eigenvalue weighted by Gasteiger charge is 2.25. The molecule has 4 nitrogen and oxygen atoms in total. The predicted octanol–water partition coefficient (Wildman–Crippen LogP) is 4.09. The number of nitrogens with zero attached hydrogens (tertiary/aromatic N) is 1. The first-order chi connectivity index (χ1) is 12.1. The number of hydrogen-bond acceptors (Lipinski definition) is 2. The van der Waals surface area contributed by atoms with Gasteiger partial charge in [0, 0.05) is 29.6 Å². The van der Waals surface area contributed by atoms with Gasteiger partial charge in [-0.15, -0.1) is 0 Å². The van der Waals surface area contributed by atoms with Crippen LogP contribution in [0.1, 0.15) is 28.8 Å². The number of carbonyl (C=O) groups excluding carboxylic acids is 2. The van der Waals surface area contributed by atoms with E-state index in [0.717, 1.165) is 12.0 Å². The average Bonchev–Trinajstić information content (AvgIpc) is 3.02. The number of rotatable bonds is 5. The van der Waals surface area contributed by atoms with Gasteiger partial charge in [0.15, 0.2) is 0 Å². The Balaban J connectivity index is 1.66. The van der Waals surface area contributed by atoms with Crippen LogP contribution in [-0.4, -0.2) is 24.9 Å². The summed E-state index contributed by atoms with van der Waals surface area (Å²) in [5.41, 5.74) is 2.11. The zero-order valence-corrected chi connectivity index (χ0v) is 15.1. The second kappa shape index (κ2) is 7.89. The fourth-order valence-electron chi connectivity index (χ4n) is 2.93. The lowest BCUT2D eigenvalue weighted by molar-refractivity contribution is -0.117. The summed E-state index contributed by atoms with van der Waals surface area (Å²) in [7, 11) is 0. The van der Waals surface area contributed by atoms with Crippen molar-refractivity contribution in [3.63, 3.8) is 0 Å². The third-order valence-corrected chi connectivity index (χ3v) is 4.79. The molecule has 6 heteroatoms. The second-order valence-electron chi connectivity index (χ2n) is 5.91. The Hall–Kier alpha value is -2.04. The monoisotopic (exact) mass is 376 g/mol. The molecule has 0 aromatic heterocycles. The molecule has 2 aromatic rings. The van der Waals surface area contributed by atoms with E-state index >= 15 is 0 Å². The molecule has 1 saturated heterocycles. The molecule has 0 bridgehead atoms. The Kier molecular flexibility index (Phi) is 5.61. The van der Waals surface area contributed by atoms with E-state index in [-0.39, 0.29) is 11.8 Å². The maximum Gasteiger partial charge on any atom is 0.253 e. The van der Waals surface area contributed by atoms with Gasteiger partial charge in [-0.05, 0) is 42.7 Å². The second-order valence-corrected chi connectivity index (χ2v) is 6.75. The molecule has 1 fully saturated rings. The number of benzene rings is 2. The summed E-state index contributed by atoms with van der Waals surface area (Å²) in [4.78, 5) is 26.2. The van der Waals surface area contributed by atoms with Gasteiger partial charge in [-0.3, -0.25) is 9.59 Å². The third-order valence-electron chi connectivity index (χ3n) is 4.21. The molecule has 1 aliphatic heterocycles. The van der Waals surface area contributed by atoms with E-state index in [0.29, 0.717) is 47.2 Å². The topological polar surface area (TPSA) is 49.4 Å². The van der Waals surface area contributed by atoms with Crippen LogP contribution in [-0.2, 0) is 11.2 Å². The molecule has 1 aliphatic rings. The molecule has 3 rings (SSSR count). The minimum Gasteiger partial charge on any atom is -0.352 e. The van der Waals surface area contributed by atoms with Gasteiger partial charge >= 0.3 is 0 Å². The quantitative estimate of drug-likeness (QED) is 0.853. The Morgan fingerprint density at radius 2 is 1.96 bits per heavy atom. The van der Waals surface area contributed by atoms with Gasteiger partial charge in [-0.1, -0.05) is 41.4 Å². The van der Waals surface area contributed by atoms with Gasteiger partial charge in [-0.25, -0.2) is 0 Å².